The van der Waals surface area contributed by atoms with Crippen molar-refractivity contribution in [2.75, 3.05) is 12.3 Å². The summed E-state index contributed by atoms with van der Waals surface area (Å²) in [5, 5.41) is 9.35. The Bertz CT molecular complexity index is 464. The first kappa shape index (κ1) is 19.5. The van der Waals surface area contributed by atoms with E-state index >= 15 is 0 Å². The molecule has 0 aromatic heterocycles. The number of rotatable bonds is 11. The Morgan fingerprint density at radius 2 is 1.92 bits per heavy atom. The van der Waals surface area contributed by atoms with E-state index in [-0.39, 0.29) is 29.5 Å². The molecule has 0 bridgehead atoms. The summed E-state index contributed by atoms with van der Waals surface area (Å²) in [5.74, 6) is 1.10. The minimum atomic E-state index is -0.0447. The largest absolute Gasteiger partial charge is 0.356 e. The van der Waals surface area contributed by atoms with Gasteiger partial charge in [-0.15, -0.1) is 0 Å². The van der Waals surface area contributed by atoms with Gasteiger partial charge in [0.25, 0.3) is 0 Å². The van der Waals surface area contributed by atoms with Crippen molar-refractivity contribution in [1.29, 1.82) is 0 Å². The second-order valence-electron chi connectivity index (χ2n) is 6.49. The van der Waals surface area contributed by atoms with E-state index in [1.165, 1.54) is 0 Å². The lowest BCUT2D eigenvalue weighted by Gasteiger charge is -2.16. The molecule has 2 saturated heterocycles. The number of carbonyl (C=O) groups excluding carboxylic acids is 3. The highest BCUT2D eigenvalue weighted by atomic mass is 32.2. The Morgan fingerprint density at radius 1 is 1.12 bits per heavy atom. The highest BCUT2D eigenvalue weighted by Crippen LogP contribution is 2.33. The molecule has 3 N–H and O–H groups in total. The van der Waals surface area contributed by atoms with E-state index in [0.29, 0.717) is 24.6 Å². The highest BCUT2D eigenvalue weighted by molar-refractivity contribution is 8.00. The monoisotopic (exact) mass is 373 g/mol. The van der Waals surface area contributed by atoms with Gasteiger partial charge in [0, 0.05) is 30.4 Å². The standard InChI is InChI=1S/C16H28N3O3PS/c20-13(17-9-5-1-2-8-14(21)23)7-4-3-6-12-15-11(10-24-12)18-16(22)19-15/h11-12,15H,1-10,23H2,(H,17,20)(H2,18,19,22). The average Bonchev–Trinajstić information content (AvgIpc) is 3.06. The molecule has 0 aromatic rings. The molecule has 0 aliphatic carbocycles. The van der Waals surface area contributed by atoms with Gasteiger partial charge in [-0.2, -0.15) is 11.8 Å². The van der Waals surface area contributed by atoms with Crippen LogP contribution in [0.2, 0.25) is 0 Å². The quantitative estimate of drug-likeness (QED) is 0.293. The molecular formula is C16H28N3O3PS. The summed E-state index contributed by atoms with van der Waals surface area (Å²) < 4.78 is 0. The van der Waals surface area contributed by atoms with Crippen LogP contribution < -0.4 is 16.0 Å². The molecule has 0 radical (unpaired) electrons. The van der Waals surface area contributed by atoms with Gasteiger partial charge in [0.15, 0.2) is 0 Å². The number of fused-ring (bicyclic) bond motifs is 1. The minimum Gasteiger partial charge on any atom is -0.356 e. The summed E-state index contributed by atoms with van der Waals surface area (Å²) in [6.45, 7) is 0.698. The molecule has 2 heterocycles. The molecule has 2 fully saturated rings. The van der Waals surface area contributed by atoms with E-state index in [4.69, 9.17) is 0 Å². The number of urea groups is 1. The first-order valence-corrected chi connectivity index (χ1v) is 10.4. The van der Waals surface area contributed by atoms with E-state index in [9.17, 15) is 14.4 Å². The normalized spacial score (nSPS) is 25.0. The predicted molar refractivity (Wildman–Crippen MR) is 100 cm³/mol. The van der Waals surface area contributed by atoms with Crippen LogP contribution in [0.5, 0.6) is 0 Å². The molecular weight excluding hydrogens is 345 g/mol. The van der Waals surface area contributed by atoms with Crippen LogP contribution in [0.4, 0.5) is 4.79 Å². The Kier molecular flexibility index (Phi) is 8.33. The van der Waals surface area contributed by atoms with Crippen molar-refractivity contribution in [3.63, 3.8) is 0 Å². The van der Waals surface area contributed by atoms with E-state index in [1.54, 1.807) is 0 Å². The lowest BCUT2D eigenvalue weighted by Crippen LogP contribution is -2.36. The summed E-state index contributed by atoms with van der Waals surface area (Å²) in [6, 6.07) is 0.485. The van der Waals surface area contributed by atoms with E-state index < -0.39 is 0 Å². The second kappa shape index (κ2) is 10.2. The Hall–Kier alpha value is -0.810. The summed E-state index contributed by atoms with van der Waals surface area (Å²) in [4.78, 5) is 33.9. The van der Waals surface area contributed by atoms with Crippen LogP contribution in [-0.4, -0.2) is 47.1 Å². The van der Waals surface area contributed by atoms with Crippen molar-refractivity contribution in [3.05, 3.63) is 0 Å². The minimum absolute atomic E-state index is 0.0447. The van der Waals surface area contributed by atoms with Crippen molar-refractivity contribution < 1.29 is 14.4 Å². The summed E-state index contributed by atoms with van der Waals surface area (Å²) in [7, 11) is 2.19. The first-order chi connectivity index (χ1) is 11.6. The second-order valence-corrected chi connectivity index (χ2v) is 8.41. The van der Waals surface area contributed by atoms with Crippen LogP contribution in [0.25, 0.3) is 0 Å². The lowest BCUT2D eigenvalue weighted by molar-refractivity contribution is -0.121. The SMILES string of the molecule is O=C(P)CCCCCNC(=O)CCCCC1SCC2NC(=O)NC21. The van der Waals surface area contributed by atoms with Crippen LogP contribution in [0.15, 0.2) is 0 Å². The number of unbranched alkanes of at least 4 members (excludes halogenated alkanes) is 3. The number of thioether (sulfide) groups is 1. The van der Waals surface area contributed by atoms with Gasteiger partial charge >= 0.3 is 6.03 Å². The van der Waals surface area contributed by atoms with Crippen LogP contribution in [-0.2, 0) is 9.59 Å². The van der Waals surface area contributed by atoms with Crippen molar-refractivity contribution in [2.45, 2.75) is 68.7 Å². The number of hydrogen-bond donors (Lipinski definition) is 3. The molecule has 8 heteroatoms. The molecule has 24 heavy (non-hydrogen) atoms. The van der Waals surface area contributed by atoms with Crippen LogP contribution in [0.3, 0.4) is 0 Å². The maximum absolute atomic E-state index is 11.8. The van der Waals surface area contributed by atoms with Crippen LogP contribution in [0.1, 0.15) is 51.4 Å². The Balaban J connectivity index is 1.45. The van der Waals surface area contributed by atoms with Crippen molar-refractivity contribution in [2.24, 2.45) is 0 Å². The molecule has 2 aliphatic rings. The van der Waals surface area contributed by atoms with E-state index in [1.807, 2.05) is 11.8 Å². The van der Waals surface area contributed by atoms with E-state index in [0.717, 1.165) is 44.3 Å². The molecule has 4 atom stereocenters. The zero-order chi connectivity index (χ0) is 17.4. The molecule has 6 nitrogen and oxygen atoms in total. The fraction of sp³-hybridized carbons (Fsp3) is 0.812. The third-order valence-electron chi connectivity index (χ3n) is 4.50. The van der Waals surface area contributed by atoms with Gasteiger partial charge in [-0.05, 0) is 25.7 Å². The van der Waals surface area contributed by atoms with Gasteiger partial charge in [-0.25, -0.2) is 4.79 Å². The smallest absolute Gasteiger partial charge is 0.315 e. The number of hydrogen-bond acceptors (Lipinski definition) is 4. The van der Waals surface area contributed by atoms with Gasteiger partial charge in [-0.1, -0.05) is 22.1 Å². The highest BCUT2D eigenvalue weighted by Gasteiger charge is 2.42. The summed E-state index contributed by atoms with van der Waals surface area (Å²) in [5.41, 5.74) is 0.152. The van der Waals surface area contributed by atoms with Crippen molar-refractivity contribution in [3.8, 4) is 0 Å². The maximum Gasteiger partial charge on any atom is 0.315 e. The van der Waals surface area contributed by atoms with Crippen LogP contribution >= 0.6 is 21.0 Å². The van der Waals surface area contributed by atoms with Gasteiger partial charge in [0.2, 0.25) is 5.91 Å². The fourth-order valence-corrected chi connectivity index (χ4v) is 4.94. The van der Waals surface area contributed by atoms with Gasteiger partial charge in [0.1, 0.15) is 5.52 Å². The number of amides is 3. The summed E-state index contributed by atoms with van der Waals surface area (Å²) in [6.07, 6.45) is 6.92. The Labute approximate surface area is 150 Å². The molecule has 136 valence electrons. The maximum atomic E-state index is 11.8. The lowest BCUT2D eigenvalue weighted by atomic mass is 10.0. The third kappa shape index (κ3) is 6.60. The van der Waals surface area contributed by atoms with Gasteiger partial charge in [-0.3, -0.25) is 9.59 Å². The molecule has 0 aromatic carbocycles. The molecule has 0 saturated carbocycles. The topological polar surface area (TPSA) is 87.3 Å². The summed E-state index contributed by atoms with van der Waals surface area (Å²) >= 11 is 1.92. The number of nitrogens with one attached hydrogen (secondary N) is 3. The first-order valence-electron chi connectivity index (χ1n) is 8.80. The zero-order valence-electron chi connectivity index (χ0n) is 14.0. The van der Waals surface area contributed by atoms with Crippen molar-refractivity contribution in [1.82, 2.24) is 16.0 Å². The average molecular weight is 373 g/mol. The fourth-order valence-electron chi connectivity index (χ4n) is 3.19. The molecule has 3 amide bonds. The number of carbonyl (C=O) groups is 3. The molecule has 2 rings (SSSR count). The zero-order valence-corrected chi connectivity index (χ0v) is 16.0. The Morgan fingerprint density at radius 3 is 2.71 bits per heavy atom. The van der Waals surface area contributed by atoms with Crippen LogP contribution in [0, 0.1) is 0 Å². The van der Waals surface area contributed by atoms with Gasteiger partial charge in [0.05, 0.1) is 12.1 Å². The third-order valence-corrected chi connectivity index (χ3v) is 6.30. The van der Waals surface area contributed by atoms with Crippen molar-refractivity contribution >= 4 is 38.5 Å². The van der Waals surface area contributed by atoms with E-state index in [2.05, 4.69) is 25.2 Å². The molecule has 4 unspecified atom stereocenters. The molecule has 0 spiro atoms. The predicted octanol–water partition coefficient (Wildman–Crippen LogP) is 1.79. The van der Waals surface area contributed by atoms with Gasteiger partial charge < -0.3 is 16.0 Å². The molecule has 2 aliphatic heterocycles.